The minimum absolute atomic E-state index is 0.0702. The second-order valence-electron chi connectivity index (χ2n) is 6.48. The minimum atomic E-state index is 0.0702. The van der Waals surface area contributed by atoms with E-state index in [-0.39, 0.29) is 5.75 Å². The van der Waals surface area contributed by atoms with Gasteiger partial charge in [0.15, 0.2) is 11.5 Å². The number of phenolic OH excluding ortho intramolecular Hbond substituents is 1. The van der Waals surface area contributed by atoms with E-state index in [1.165, 1.54) is 12.8 Å². The summed E-state index contributed by atoms with van der Waals surface area (Å²) in [7, 11) is 0. The molecule has 1 fully saturated rings. The summed E-state index contributed by atoms with van der Waals surface area (Å²) in [5.74, 6) is 1.91. The Labute approximate surface area is 148 Å². The largest absolute Gasteiger partial charge is 0.504 e. The number of aromatic amines is 1. The van der Waals surface area contributed by atoms with Crippen LogP contribution in [0.4, 0.5) is 0 Å². The van der Waals surface area contributed by atoms with Crippen molar-refractivity contribution < 1.29 is 14.3 Å². The van der Waals surface area contributed by atoms with Gasteiger partial charge in [-0.3, -0.25) is 0 Å². The molecule has 1 saturated carbocycles. The SMILES string of the molecule is Oc1cc(-c2nnc(-c3ccc4[nH]cnc4c3)o2)ccc1OCC1CC1. The summed E-state index contributed by atoms with van der Waals surface area (Å²) < 4.78 is 11.4. The molecule has 0 spiro atoms. The molecular formula is C19H16N4O3. The Morgan fingerprint density at radius 1 is 1.08 bits per heavy atom. The van der Waals surface area contributed by atoms with Gasteiger partial charge in [-0.15, -0.1) is 10.2 Å². The van der Waals surface area contributed by atoms with Gasteiger partial charge in [0.2, 0.25) is 11.8 Å². The lowest BCUT2D eigenvalue weighted by molar-refractivity contribution is 0.284. The molecule has 4 aromatic rings. The average Bonchev–Trinajstić information content (AvgIpc) is 3.16. The summed E-state index contributed by atoms with van der Waals surface area (Å²) in [6.45, 7) is 0.646. The number of fused-ring (bicyclic) bond motifs is 1. The van der Waals surface area contributed by atoms with Gasteiger partial charge in [-0.05, 0) is 55.2 Å². The van der Waals surface area contributed by atoms with Crippen LogP contribution in [0.1, 0.15) is 12.8 Å². The first-order valence-corrected chi connectivity index (χ1v) is 8.49. The lowest BCUT2D eigenvalue weighted by Crippen LogP contribution is -1.99. The zero-order chi connectivity index (χ0) is 17.5. The highest BCUT2D eigenvalue weighted by Crippen LogP contribution is 2.35. The predicted molar refractivity (Wildman–Crippen MR) is 94.7 cm³/mol. The molecule has 130 valence electrons. The van der Waals surface area contributed by atoms with Crippen molar-refractivity contribution in [3.05, 3.63) is 42.7 Å². The van der Waals surface area contributed by atoms with Crippen LogP contribution in [0.15, 0.2) is 47.1 Å². The number of hydrogen-bond donors (Lipinski definition) is 2. The van der Waals surface area contributed by atoms with Gasteiger partial charge in [0.1, 0.15) is 0 Å². The van der Waals surface area contributed by atoms with E-state index in [0.717, 1.165) is 16.6 Å². The minimum Gasteiger partial charge on any atom is -0.504 e. The van der Waals surface area contributed by atoms with Gasteiger partial charge in [0, 0.05) is 11.1 Å². The van der Waals surface area contributed by atoms with Gasteiger partial charge in [-0.1, -0.05) is 0 Å². The number of aromatic hydroxyl groups is 1. The number of rotatable bonds is 5. The molecule has 0 aliphatic heterocycles. The summed E-state index contributed by atoms with van der Waals surface area (Å²) in [6, 6.07) is 10.8. The smallest absolute Gasteiger partial charge is 0.248 e. The number of nitrogens with one attached hydrogen (secondary N) is 1. The highest BCUT2D eigenvalue weighted by molar-refractivity contribution is 5.79. The Balaban J connectivity index is 1.41. The molecule has 7 heteroatoms. The molecule has 5 rings (SSSR count). The summed E-state index contributed by atoms with van der Waals surface area (Å²) in [4.78, 5) is 7.28. The monoisotopic (exact) mass is 348 g/mol. The molecule has 0 atom stereocenters. The van der Waals surface area contributed by atoms with Gasteiger partial charge < -0.3 is 19.2 Å². The van der Waals surface area contributed by atoms with E-state index in [1.807, 2.05) is 18.2 Å². The molecule has 2 N–H and O–H groups in total. The first-order valence-electron chi connectivity index (χ1n) is 8.49. The molecule has 0 saturated heterocycles. The molecule has 0 radical (unpaired) electrons. The molecule has 1 aliphatic rings. The molecule has 0 bridgehead atoms. The predicted octanol–water partition coefficient (Wildman–Crippen LogP) is 3.77. The van der Waals surface area contributed by atoms with Gasteiger partial charge >= 0.3 is 0 Å². The highest BCUT2D eigenvalue weighted by Gasteiger charge is 2.22. The van der Waals surface area contributed by atoms with E-state index in [1.54, 1.807) is 24.5 Å². The number of nitrogens with zero attached hydrogens (tertiary/aromatic N) is 3. The molecule has 2 aromatic carbocycles. The number of imidazole rings is 1. The second kappa shape index (κ2) is 5.87. The maximum Gasteiger partial charge on any atom is 0.248 e. The number of ether oxygens (including phenoxy) is 1. The van der Waals surface area contributed by atoms with E-state index < -0.39 is 0 Å². The Morgan fingerprint density at radius 3 is 2.62 bits per heavy atom. The standard InChI is InChI=1S/C19H16N4O3/c24-16-8-13(4-6-17(16)25-9-11-1-2-11)19-23-22-18(26-19)12-3-5-14-15(7-12)21-10-20-14/h3-8,10-11,24H,1-2,9H2,(H,20,21). The van der Waals surface area contributed by atoms with Crippen LogP contribution in [0.5, 0.6) is 11.5 Å². The summed E-state index contributed by atoms with van der Waals surface area (Å²) in [5, 5.41) is 18.4. The first-order chi connectivity index (χ1) is 12.8. The highest BCUT2D eigenvalue weighted by atomic mass is 16.5. The summed E-state index contributed by atoms with van der Waals surface area (Å²) >= 11 is 0. The Bertz CT molecular complexity index is 1080. The zero-order valence-electron chi connectivity index (χ0n) is 13.8. The maximum atomic E-state index is 10.2. The van der Waals surface area contributed by atoms with Gasteiger partial charge in [-0.2, -0.15) is 0 Å². The number of hydrogen-bond acceptors (Lipinski definition) is 6. The van der Waals surface area contributed by atoms with E-state index in [9.17, 15) is 5.11 Å². The number of aromatic nitrogens is 4. The van der Waals surface area contributed by atoms with Crippen molar-refractivity contribution in [2.75, 3.05) is 6.61 Å². The van der Waals surface area contributed by atoms with Gasteiger partial charge in [0.05, 0.1) is 24.0 Å². The normalized spacial score (nSPS) is 14.0. The fourth-order valence-electron chi connectivity index (χ4n) is 2.79. The fourth-order valence-corrected chi connectivity index (χ4v) is 2.79. The lowest BCUT2D eigenvalue weighted by Gasteiger charge is -2.07. The average molecular weight is 348 g/mol. The maximum absolute atomic E-state index is 10.2. The van der Waals surface area contributed by atoms with E-state index in [0.29, 0.717) is 35.6 Å². The topological polar surface area (TPSA) is 97.1 Å². The van der Waals surface area contributed by atoms with Crippen LogP contribution in [0, 0.1) is 5.92 Å². The van der Waals surface area contributed by atoms with Crippen molar-refractivity contribution in [1.29, 1.82) is 0 Å². The van der Waals surface area contributed by atoms with Crippen LogP contribution >= 0.6 is 0 Å². The molecule has 26 heavy (non-hydrogen) atoms. The van der Waals surface area contributed by atoms with Crippen LogP contribution in [-0.2, 0) is 0 Å². The van der Waals surface area contributed by atoms with E-state index >= 15 is 0 Å². The quantitative estimate of drug-likeness (QED) is 0.570. The molecule has 2 aromatic heterocycles. The fraction of sp³-hybridized carbons (Fsp3) is 0.211. The zero-order valence-corrected chi connectivity index (χ0v) is 13.8. The Morgan fingerprint density at radius 2 is 1.85 bits per heavy atom. The van der Waals surface area contributed by atoms with Crippen LogP contribution in [0.2, 0.25) is 0 Å². The summed E-state index contributed by atoms with van der Waals surface area (Å²) in [5.41, 5.74) is 3.20. The second-order valence-corrected chi connectivity index (χ2v) is 6.48. The molecule has 7 nitrogen and oxygen atoms in total. The Hall–Kier alpha value is -3.35. The molecule has 2 heterocycles. The summed E-state index contributed by atoms with van der Waals surface area (Å²) in [6.07, 6.45) is 4.05. The molecule has 1 aliphatic carbocycles. The van der Waals surface area contributed by atoms with Crippen molar-refractivity contribution >= 4 is 11.0 Å². The number of H-pyrrole nitrogens is 1. The van der Waals surface area contributed by atoms with Crippen LogP contribution in [-0.4, -0.2) is 31.9 Å². The van der Waals surface area contributed by atoms with Crippen molar-refractivity contribution in [2.24, 2.45) is 5.92 Å². The van der Waals surface area contributed by atoms with Crippen molar-refractivity contribution in [3.8, 4) is 34.4 Å². The van der Waals surface area contributed by atoms with Crippen LogP contribution in [0.3, 0.4) is 0 Å². The Kier molecular flexibility index (Phi) is 3.38. The van der Waals surface area contributed by atoms with E-state index in [4.69, 9.17) is 9.15 Å². The van der Waals surface area contributed by atoms with E-state index in [2.05, 4.69) is 20.2 Å². The molecule has 0 unspecified atom stereocenters. The third-order valence-electron chi connectivity index (χ3n) is 4.47. The number of benzene rings is 2. The van der Waals surface area contributed by atoms with Crippen molar-refractivity contribution in [3.63, 3.8) is 0 Å². The number of phenols is 1. The first kappa shape index (κ1) is 14.9. The van der Waals surface area contributed by atoms with Gasteiger partial charge in [0.25, 0.3) is 0 Å². The van der Waals surface area contributed by atoms with Crippen molar-refractivity contribution in [1.82, 2.24) is 20.2 Å². The third-order valence-corrected chi connectivity index (χ3v) is 4.47. The lowest BCUT2D eigenvalue weighted by atomic mass is 10.2. The molecule has 0 amide bonds. The third kappa shape index (κ3) is 2.77. The van der Waals surface area contributed by atoms with Gasteiger partial charge in [-0.25, -0.2) is 4.98 Å². The van der Waals surface area contributed by atoms with Crippen LogP contribution < -0.4 is 4.74 Å². The molecular weight excluding hydrogens is 332 g/mol. The van der Waals surface area contributed by atoms with Crippen LogP contribution in [0.25, 0.3) is 33.9 Å². The van der Waals surface area contributed by atoms with Crippen molar-refractivity contribution in [2.45, 2.75) is 12.8 Å².